The van der Waals surface area contributed by atoms with Gasteiger partial charge < -0.3 is 5.32 Å². The number of nitrogens with one attached hydrogen (secondary N) is 1. The lowest BCUT2D eigenvalue weighted by Gasteiger charge is -2.12. The van der Waals surface area contributed by atoms with E-state index in [2.05, 4.69) is 20.3 Å². The molecule has 28 heavy (non-hydrogen) atoms. The van der Waals surface area contributed by atoms with E-state index >= 15 is 4.39 Å². The summed E-state index contributed by atoms with van der Waals surface area (Å²) in [4.78, 5) is 12.6. The van der Waals surface area contributed by atoms with Gasteiger partial charge in [-0.25, -0.2) is 27.5 Å². The first-order valence-corrected chi connectivity index (χ1v) is 8.23. The minimum Gasteiger partial charge on any atom is -0.373 e. The standard InChI is InChI=1S/C20H12F4N4/c1-25-20-12-5-4-11(13-7-15(22)16(23)8-14(13)21)17(24)18(12)27-19(28-20)10-3-2-6-26-9-10/h2-9H,1H3,(H,25,27,28). The number of hydrogen-bond donors (Lipinski definition) is 1. The van der Waals surface area contributed by atoms with Crippen LogP contribution in [0.2, 0.25) is 0 Å². The molecule has 4 rings (SSSR count). The second kappa shape index (κ2) is 6.88. The summed E-state index contributed by atoms with van der Waals surface area (Å²) in [5, 5.41) is 3.23. The van der Waals surface area contributed by atoms with Crippen molar-refractivity contribution < 1.29 is 17.6 Å². The monoisotopic (exact) mass is 384 g/mol. The maximum absolute atomic E-state index is 15.3. The third-order valence-electron chi connectivity index (χ3n) is 4.26. The van der Waals surface area contributed by atoms with Crippen LogP contribution in [0, 0.1) is 23.3 Å². The number of hydrogen-bond acceptors (Lipinski definition) is 4. The van der Waals surface area contributed by atoms with Crippen LogP contribution in [0.3, 0.4) is 0 Å². The van der Waals surface area contributed by atoms with Crippen molar-refractivity contribution in [3.05, 3.63) is 72.1 Å². The molecule has 0 atom stereocenters. The number of nitrogens with zero attached hydrogens (tertiary/aromatic N) is 3. The molecule has 0 saturated carbocycles. The summed E-state index contributed by atoms with van der Waals surface area (Å²) in [5.41, 5.74) is -0.155. The van der Waals surface area contributed by atoms with Crippen LogP contribution in [-0.4, -0.2) is 22.0 Å². The second-order valence-corrected chi connectivity index (χ2v) is 5.96. The molecule has 0 aliphatic heterocycles. The van der Waals surface area contributed by atoms with E-state index in [0.29, 0.717) is 28.9 Å². The lowest BCUT2D eigenvalue weighted by molar-refractivity contribution is 0.496. The van der Waals surface area contributed by atoms with Gasteiger partial charge in [0.25, 0.3) is 0 Å². The zero-order valence-electron chi connectivity index (χ0n) is 14.5. The van der Waals surface area contributed by atoms with Crippen LogP contribution < -0.4 is 5.32 Å². The molecule has 0 fully saturated rings. The lowest BCUT2D eigenvalue weighted by Crippen LogP contribution is -2.02. The molecule has 0 aliphatic rings. The summed E-state index contributed by atoms with van der Waals surface area (Å²) in [5.74, 6) is -3.99. The Morgan fingerprint density at radius 3 is 2.36 bits per heavy atom. The Morgan fingerprint density at radius 2 is 1.64 bits per heavy atom. The fourth-order valence-electron chi connectivity index (χ4n) is 2.91. The Labute approximate surface area is 156 Å². The first-order chi connectivity index (χ1) is 13.5. The van der Waals surface area contributed by atoms with Crippen molar-refractivity contribution in [3.63, 3.8) is 0 Å². The molecule has 1 N–H and O–H groups in total. The van der Waals surface area contributed by atoms with E-state index in [9.17, 15) is 13.2 Å². The van der Waals surface area contributed by atoms with Crippen LogP contribution in [0.4, 0.5) is 23.4 Å². The molecule has 2 aromatic heterocycles. The molecule has 4 nitrogen and oxygen atoms in total. The molecule has 0 spiro atoms. The van der Waals surface area contributed by atoms with Gasteiger partial charge in [-0.2, -0.15) is 0 Å². The topological polar surface area (TPSA) is 50.7 Å². The van der Waals surface area contributed by atoms with Crippen molar-refractivity contribution in [1.29, 1.82) is 0 Å². The minimum atomic E-state index is -1.35. The fraction of sp³-hybridized carbons (Fsp3) is 0.0500. The van der Waals surface area contributed by atoms with Crippen molar-refractivity contribution in [1.82, 2.24) is 15.0 Å². The maximum Gasteiger partial charge on any atom is 0.163 e. The summed E-state index contributed by atoms with van der Waals surface area (Å²) in [6.45, 7) is 0. The normalized spacial score (nSPS) is 11.0. The third-order valence-corrected chi connectivity index (χ3v) is 4.26. The Bertz CT molecular complexity index is 1200. The average molecular weight is 384 g/mol. The molecule has 0 unspecified atom stereocenters. The number of halogens is 4. The summed E-state index contributed by atoms with van der Waals surface area (Å²) in [7, 11) is 1.62. The summed E-state index contributed by atoms with van der Waals surface area (Å²) in [6.07, 6.45) is 3.10. The summed E-state index contributed by atoms with van der Waals surface area (Å²) in [6, 6.07) is 7.18. The van der Waals surface area contributed by atoms with E-state index in [1.165, 1.54) is 18.3 Å². The van der Waals surface area contributed by atoms with Crippen molar-refractivity contribution >= 4 is 16.7 Å². The molecule has 8 heteroatoms. The predicted octanol–water partition coefficient (Wildman–Crippen LogP) is 4.96. The maximum atomic E-state index is 15.3. The summed E-state index contributed by atoms with van der Waals surface area (Å²) < 4.78 is 56.2. The Hall–Kier alpha value is -3.55. The van der Waals surface area contributed by atoms with E-state index in [1.54, 1.807) is 25.4 Å². The summed E-state index contributed by atoms with van der Waals surface area (Å²) >= 11 is 0. The molecule has 2 heterocycles. The second-order valence-electron chi connectivity index (χ2n) is 5.96. The first kappa shape index (κ1) is 17.8. The largest absolute Gasteiger partial charge is 0.373 e. The molecule has 0 amide bonds. The zero-order chi connectivity index (χ0) is 19.8. The molecule has 0 radical (unpaired) electrons. The highest BCUT2D eigenvalue weighted by molar-refractivity contribution is 5.94. The number of aromatic nitrogens is 3. The lowest BCUT2D eigenvalue weighted by atomic mass is 10.0. The van der Waals surface area contributed by atoms with Gasteiger partial charge in [-0.05, 0) is 24.3 Å². The average Bonchev–Trinajstić information content (AvgIpc) is 2.71. The van der Waals surface area contributed by atoms with Crippen molar-refractivity contribution in [2.24, 2.45) is 0 Å². The number of anilines is 1. The Morgan fingerprint density at radius 1 is 0.857 bits per heavy atom. The number of benzene rings is 2. The number of pyridine rings is 1. The highest BCUT2D eigenvalue weighted by Crippen LogP contribution is 2.34. The van der Waals surface area contributed by atoms with Crippen LogP contribution in [0.1, 0.15) is 0 Å². The zero-order valence-corrected chi connectivity index (χ0v) is 14.5. The molecule has 0 saturated heterocycles. The van der Waals surface area contributed by atoms with Crippen molar-refractivity contribution in [2.45, 2.75) is 0 Å². The SMILES string of the molecule is CNc1nc(-c2cccnc2)nc2c(F)c(-c3cc(F)c(F)cc3F)ccc12. The molecular formula is C20H12F4N4. The van der Waals surface area contributed by atoms with E-state index < -0.39 is 28.8 Å². The van der Waals surface area contributed by atoms with Crippen LogP contribution in [-0.2, 0) is 0 Å². The van der Waals surface area contributed by atoms with Gasteiger partial charge in [0.15, 0.2) is 23.3 Å². The van der Waals surface area contributed by atoms with Gasteiger partial charge in [0.2, 0.25) is 0 Å². The van der Waals surface area contributed by atoms with Gasteiger partial charge >= 0.3 is 0 Å². The molecule has 0 bridgehead atoms. The highest BCUT2D eigenvalue weighted by Gasteiger charge is 2.19. The van der Waals surface area contributed by atoms with Crippen LogP contribution in [0.5, 0.6) is 0 Å². The molecular weight excluding hydrogens is 372 g/mol. The Kier molecular flexibility index (Phi) is 4.38. The van der Waals surface area contributed by atoms with Gasteiger partial charge in [-0.3, -0.25) is 4.98 Å². The molecule has 0 aliphatic carbocycles. The van der Waals surface area contributed by atoms with Crippen LogP contribution >= 0.6 is 0 Å². The smallest absolute Gasteiger partial charge is 0.163 e. The number of fused-ring (bicyclic) bond motifs is 1. The highest BCUT2D eigenvalue weighted by atomic mass is 19.2. The quantitative estimate of drug-likeness (QED) is 0.401. The van der Waals surface area contributed by atoms with Gasteiger partial charge in [0.1, 0.15) is 17.2 Å². The molecule has 2 aromatic carbocycles. The van der Waals surface area contributed by atoms with E-state index in [0.717, 1.165) is 0 Å². The fourth-order valence-corrected chi connectivity index (χ4v) is 2.91. The van der Waals surface area contributed by atoms with Gasteiger partial charge in [-0.15, -0.1) is 0 Å². The third kappa shape index (κ3) is 2.92. The van der Waals surface area contributed by atoms with Crippen LogP contribution in [0.25, 0.3) is 33.4 Å². The van der Waals surface area contributed by atoms with Crippen molar-refractivity contribution in [3.8, 4) is 22.5 Å². The van der Waals surface area contributed by atoms with Crippen molar-refractivity contribution in [2.75, 3.05) is 12.4 Å². The van der Waals surface area contributed by atoms with Gasteiger partial charge in [0.05, 0.1) is 0 Å². The minimum absolute atomic E-state index is 0.0835. The molecule has 140 valence electrons. The van der Waals surface area contributed by atoms with E-state index in [1.807, 2.05) is 0 Å². The van der Waals surface area contributed by atoms with E-state index in [-0.39, 0.29) is 16.9 Å². The van der Waals surface area contributed by atoms with Gasteiger partial charge in [-0.1, -0.05) is 6.07 Å². The number of rotatable bonds is 3. The van der Waals surface area contributed by atoms with Crippen LogP contribution in [0.15, 0.2) is 48.8 Å². The first-order valence-electron chi connectivity index (χ1n) is 8.23. The van der Waals surface area contributed by atoms with Gasteiger partial charge in [0, 0.05) is 47.6 Å². The molecule has 4 aromatic rings. The van der Waals surface area contributed by atoms with E-state index in [4.69, 9.17) is 0 Å². The Balaban J connectivity index is 1.99. The predicted molar refractivity (Wildman–Crippen MR) is 97.6 cm³/mol.